The molecule has 0 atom stereocenters. The highest BCUT2D eigenvalue weighted by Crippen LogP contribution is 2.29. The number of hydrogen-bond acceptors (Lipinski definition) is 2. The lowest BCUT2D eigenvalue weighted by Gasteiger charge is -2.00. The first-order valence-electron chi connectivity index (χ1n) is 4.99. The molecule has 6 heteroatoms. The maximum atomic E-state index is 6.13. The summed E-state index contributed by atoms with van der Waals surface area (Å²) >= 11 is 12.0. The van der Waals surface area contributed by atoms with Crippen LogP contribution in [0.2, 0.25) is 10.0 Å². The number of benzene rings is 1. The minimum Gasteiger partial charge on any atom is -0.338 e. The molecule has 1 N–H and O–H groups in total. The van der Waals surface area contributed by atoms with Gasteiger partial charge in [0, 0.05) is 16.8 Å². The summed E-state index contributed by atoms with van der Waals surface area (Å²) in [5.41, 5.74) is 2.57. The zero-order valence-corrected chi connectivity index (χ0v) is 11.4. The molecule has 3 nitrogen and oxygen atoms in total. The van der Waals surface area contributed by atoms with Gasteiger partial charge in [-0.05, 0) is 24.3 Å². The van der Waals surface area contributed by atoms with E-state index in [0.29, 0.717) is 10.0 Å². The lowest BCUT2D eigenvalue weighted by atomic mass is 10.2. The maximum Gasteiger partial charge on any atom is 0.140 e. The number of H-pyrrole nitrogens is 1. The molecule has 3 aromatic rings. The standard InChI is InChI=1S/C12H7Cl2N3.ClH/c13-7-1-2-8(9(14)5-7)12-16-10-3-4-15-6-11(10)17-12;/h1-6H,(H,16,17);1H. The van der Waals surface area contributed by atoms with E-state index in [1.165, 1.54) is 0 Å². The highest BCUT2D eigenvalue weighted by molar-refractivity contribution is 6.36. The fourth-order valence-corrected chi connectivity index (χ4v) is 2.16. The first-order chi connectivity index (χ1) is 8.24. The van der Waals surface area contributed by atoms with Gasteiger partial charge in [-0.2, -0.15) is 0 Å². The molecule has 0 aliphatic heterocycles. The van der Waals surface area contributed by atoms with E-state index in [1.807, 2.05) is 12.1 Å². The molecule has 0 saturated carbocycles. The molecule has 0 unspecified atom stereocenters. The Morgan fingerprint density at radius 2 is 1.94 bits per heavy atom. The molecule has 18 heavy (non-hydrogen) atoms. The Balaban J connectivity index is 0.00000120. The second-order valence-electron chi connectivity index (χ2n) is 3.60. The van der Waals surface area contributed by atoms with Crippen LogP contribution in [0.1, 0.15) is 0 Å². The van der Waals surface area contributed by atoms with Crippen LogP contribution >= 0.6 is 35.6 Å². The number of nitrogens with one attached hydrogen (secondary N) is 1. The number of aromatic amines is 1. The van der Waals surface area contributed by atoms with Crippen molar-refractivity contribution in [3.8, 4) is 11.4 Å². The van der Waals surface area contributed by atoms with Crippen LogP contribution in [0.5, 0.6) is 0 Å². The largest absolute Gasteiger partial charge is 0.338 e. The van der Waals surface area contributed by atoms with Crippen molar-refractivity contribution in [1.29, 1.82) is 0 Å². The highest BCUT2D eigenvalue weighted by atomic mass is 35.5. The number of hydrogen-bond donors (Lipinski definition) is 1. The van der Waals surface area contributed by atoms with Crippen molar-refractivity contribution in [3.63, 3.8) is 0 Å². The van der Waals surface area contributed by atoms with Gasteiger partial charge in [-0.25, -0.2) is 4.98 Å². The van der Waals surface area contributed by atoms with Crippen molar-refractivity contribution < 1.29 is 0 Å². The number of rotatable bonds is 1. The van der Waals surface area contributed by atoms with Crippen molar-refractivity contribution in [2.45, 2.75) is 0 Å². The summed E-state index contributed by atoms with van der Waals surface area (Å²) in [5.74, 6) is 0.717. The Bertz CT molecular complexity index is 661. The topological polar surface area (TPSA) is 41.6 Å². The van der Waals surface area contributed by atoms with Gasteiger partial charge in [-0.15, -0.1) is 12.4 Å². The van der Waals surface area contributed by atoms with Crippen molar-refractivity contribution in [3.05, 3.63) is 46.7 Å². The van der Waals surface area contributed by atoms with E-state index in [2.05, 4.69) is 15.0 Å². The van der Waals surface area contributed by atoms with Gasteiger partial charge in [0.2, 0.25) is 0 Å². The van der Waals surface area contributed by atoms with Crippen LogP contribution in [0.4, 0.5) is 0 Å². The third-order valence-electron chi connectivity index (χ3n) is 2.47. The second-order valence-corrected chi connectivity index (χ2v) is 4.45. The normalized spacial score (nSPS) is 10.3. The molecule has 0 radical (unpaired) electrons. The Hall–Kier alpha value is -1.29. The zero-order valence-electron chi connectivity index (χ0n) is 9.02. The zero-order chi connectivity index (χ0) is 11.8. The Morgan fingerprint density at radius 3 is 2.67 bits per heavy atom. The third kappa shape index (κ3) is 2.29. The first kappa shape index (κ1) is 13.1. The minimum atomic E-state index is 0. The van der Waals surface area contributed by atoms with Crippen LogP contribution in [0.15, 0.2) is 36.7 Å². The molecule has 0 amide bonds. The van der Waals surface area contributed by atoms with Crippen LogP contribution in [0.25, 0.3) is 22.4 Å². The van der Waals surface area contributed by atoms with Gasteiger partial charge in [-0.3, -0.25) is 4.98 Å². The fourth-order valence-electron chi connectivity index (χ4n) is 1.67. The van der Waals surface area contributed by atoms with Crippen LogP contribution in [0.3, 0.4) is 0 Å². The minimum absolute atomic E-state index is 0. The van der Waals surface area contributed by atoms with Gasteiger partial charge >= 0.3 is 0 Å². The van der Waals surface area contributed by atoms with Crippen molar-refractivity contribution >= 4 is 46.6 Å². The van der Waals surface area contributed by atoms with Gasteiger partial charge in [0.15, 0.2) is 0 Å². The van der Waals surface area contributed by atoms with E-state index in [0.717, 1.165) is 22.4 Å². The molecule has 0 bridgehead atoms. The number of nitrogens with zero attached hydrogens (tertiary/aromatic N) is 2. The molecule has 2 heterocycles. The maximum absolute atomic E-state index is 6.13. The van der Waals surface area contributed by atoms with Gasteiger partial charge in [0.1, 0.15) is 11.3 Å². The van der Waals surface area contributed by atoms with Gasteiger partial charge in [0.25, 0.3) is 0 Å². The average molecular weight is 301 g/mol. The molecule has 0 aliphatic carbocycles. The molecule has 0 saturated heterocycles. The van der Waals surface area contributed by atoms with Crippen molar-refractivity contribution in [2.75, 3.05) is 0 Å². The molecule has 1 aromatic carbocycles. The quantitative estimate of drug-likeness (QED) is 0.725. The fraction of sp³-hybridized carbons (Fsp3) is 0. The van der Waals surface area contributed by atoms with Gasteiger partial charge < -0.3 is 4.98 Å². The van der Waals surface area contributed by atoms with E-state index >= 15 is 0 Å². The smallest absolute Gasteiger partial charge is 0.140 e. The lowest BCUT2D eigenvalue weighted by molar-refractivity contribution is 1.33. The Kier molecular flexibility index (Phi) is 3.76. The lowest BCUT2D eigenvalue weighted by Crippen LogP contribution is -1.81. The summed E-state index contributed by atoms with van der Waals surface area (Å²) in [6.45, 7) is 0. The predicted molar refractivity (Wildman–Crippen MR) is 76.6 cm³/mol. The van der Waals surface area contributed by atoms with Crippen LogP contribution in [-0.2, 0) is 0 Å². The summed E-state index contributed by atoms with van der Waals surface area (Å²) in [6, 6.07) is 7.20. The summed E-state index contributed by atoms with van der Waals surface area (Å²) < 4.78 is 0. The molecular formula is C12H8Cl3N3. The Labute approximate surface area is 120 Å². The molecule has 0 spiro atoms. The summed E-state index contributed by atoms with van der Waals surface area (Å²) in [5, 5.41) is 1.18. The third-order valence-corrected chi connectivity index (χ3v) is 3.02. The molecule has 0 aliphatic rings. The molecule has 3 rings (SSSR count). The molecular weight excluding hydrogens is 293 g/mol. The number of halogens is 3. The number of imidazole rings is 1. The van der Waals surface area contributed by atoms with Crippen LogP contribution < -0.4 is 0 Å². The average Bonchev–Trinajstić information content (AvgIpc) is 2.72. The summed E-state index contributed by atoms with van der Waals surface area (Å²) in [7, 11) is 0. The van der Waals surface area contributed by atoms with E-state index in [9.17, 15) is 0 Å². The molecule has 92 valence electrons. The van der Waals surface area contributed by atoms with E-state index in [1.54, 1.807) is 24.5 Å². The highest BCUT2D eigenvalue weighted by Gasteiger charge is 2.09. The van der Waals surface area contributed by atoms with Crippen molar-refractivity contribution in [1.82, 2.24) is 15.0 Å². The first-order valence-corrected chi connectivity index (χ1v) is 5.75. The molecule has 0 fully saturated rings. The van der Waals surface area contributed by atoms with Crippen LogP contribution in [-0.4, -0.2) is 15.0 Å². The van der Waals surface area contributed by atoms with E-state index in [4.69, 9.17) is 23.2 Å². The summed E-state index contributed by atoms with van der Waals surface area (Å²) in [4.78, 5) is 11.6. The van der Waals surface area contributed by atoms with Crippen LogP contribution in [0, 0.1) is 0 Å². The monoisotopic (exact) mass is 299 g/mol. The summed E-state index contributed by atoms with van der Waals surface area (Å²) in [6.07, 6.45) is 3.42. The molecule has 2 aromatic heterocycles. The number of aromatic nitrogens is 3. The number of fused-ring (bicyclic) bond motifs is 1. The SMILES string of the molecule is Cl.Clc1ccc(-c2nc3cnccc3[nH]2)c(Cl)c1. The van der Waals surface area contributed by atoms with E-state index < -0.39 is 0 Å². The predicted octanol–water partition coefficient (Wildman–Crippen LogP) is 4.35. The number of pyridine rings is 1. The van der Waals surface area contributed by atoms with E-state index in [-0.39, 0.29) is 12.4 Å². The second kappa shape index (κ2) is 5.14. The van der Waals surface area contributed by atoms with Crippen molar-refractivity contribution in [2.24, 2.45) is 0 Å². The van der Waals surface area contributed by atoms with Gasteiger partial charge in [0.05, 0.1) is 16.7 Å². The Morgan fingerprint density at radius 1 is 1.11 bits per heavy atom. The van der Waals surface area contributed by atoms with Gasteiger partial charge in [-0.1, -0.05) is 23.2 Å².